The monoisotopic (exact) mass is 959 g/mol. The van der Waals surface area contributed by atoms with Crippen molar-refractivity contribution < 1.29 is 42.0 Å². The lowest BCUT2D eigenvalue weighted by atomic mass is 10.1. The van der Waals surface area contributed by atoms with Crippen molar-refractivity contribution in [1.29, 1.82) is 0 Å². The van der Waals surface area contributed by atoms with Gasteiger partial charge < -0.3 is 42.0 Å². The first kappa shape index (κ1) is 55.3. The Kier molecular flexibility index (Phi) is 16.5. The summed E-state index contributed by atoms with van der Waals surface area (Å²) in [7, 11) is -6.64. The van der Waals surface area contributed by atoms with Crippen LogP contribution >= 0.6 is 0 Å². The zero-order valence-electron chi connectivity index (χ0n) is 45.8. The van der Waals surface area contributed by atoms with Gasteiger partial charge in [-0.3, -0.25) is 0 Å². The fourth-order valence-electron chi connectivity index (χ4n) is 7.18. The van der Waals surface area contributed by atoms with Crippen molar-refractivity contribution in [3.05, 3.63) is 72.8 Å². The topological polar surface area (TPSA) is 83.1 Å². The number of benzene rings is 4. The van der Waals surface area contributed by atoms with Crippen LogP contribution in [0.2, 0.25) is 0 Å². The van der Waals surface area contributed by atoms with E-state index in [4.69, 9.17) is 42.0 Å². The zero-order chi connectivity index (χ0) is 50.9. The van der Waals surface area contributed by atoms with E-state index >= 15 is 0 Å². The van der Waals surface area contributed by atoms with Crippen LogP contribution in [-0.2, 0) is 4.12 Å². The first-order valence-electron chi connectivity index (χ1n) is 23.9. The molecule has 0 saturated carbocycles. The normalized spacial score (nSPS) is 13.4. The van der Waals surface area contributed by atoms with E-state index in [1.54, 1.807) is 0 Å². The Morgan fingerprint density at radius 2 is 0.343 bits per heavy atom. The molecule has 0 aliphatic heterocycles. The third-order valence-corrected chi connectivity index (χ3v) is 15.3. The van der Waals surface area contributed by atoms with Gasteiger partial charge in [-0.05, 0) is 215 Å². The van der Waals surface area contributed by atoms with Crippen molar-refractivity contribution in [1.82, 2.24) is 0 Å². The Bertz CT molecular complexity index is 1820. The van der Waals surface area contributed by atoms with Crippen LogP contribution in [-0.4, -0.2) is 62.9 Å². The fourth-order valence-corrected chi connectivity index (χ4v) is 14.3. The predicted octanol–water partition coefficient (Wildman–Crippen LogP) is 11.5. The Morgan fingerprint density at radius 1 is 0.224 bits per heavy atom. The molecular formula is C56H86O9Si2. The Hall–Kier alpha value is -4.33. The molecule has 4 aromatic rings. The predicted molar refractivity (Wildman–Crippen MR) is 283 cm³/mol. The first-order valence-corrected chi connectivity index (χ1v) is 27.1. The molecule has 0 N–H and O–H groups in total. The number of rotatable bonds is 14. The molecular weight excluding hydrogens is 873 g/mol. The van der Waals surface area contributed by atoms with Gasteiger partial charge in [-0.2, -0.15) is 0 Å². The standard InChI is InChI=1S/C56H86O9Si2/c1-49(2,3)57-37-29-25-30-38(58-50(4,5)6)45(37)66(46-39(59-51(7,8)9)31-26-32-40(46)60-52(10,11)12)65-67(47-41(61-53(13,14)15)33-27-34-42(47)62-54(16,17)18)48-43(63-55(19,20)21)35-28-36-44(48)64-56(22,23)24/h25-36,66-67H,1-24H3. The molecule has 0 saturated heterocycles. The Labute approximate surface area is 409 Å². The quantitative estimate of drug-likeness (QED) is 0.115. The van der Waals surface area contributed by atoms with E-state index in [0.717, 1.165) is 20.7 Å². The van der Waals surface area contributed by atoms with Gasteiger partial charge in [0.1, 0.15) is 90.8 Å². The smallest absolute Gasteiger partial charge is 0.244 e. The third-order valence-electron chi connectivity index (χ3n) is 8.75. The van der Waals surface area contributed by atoms with Gasteiger partial charge in [-0.25, -0.2) is 0 Å². The molecule has 9 nitrogen and oxygen atoms in total. The lowest BCUT2D eigenvalue weighted by molar-refractivity contribution is 0.122. The molecule has 4 rings (SSSR count). The second-order valence-corrected chi connectivity index (χ2v) is 30.2. The van der Waals surface area contributed by atoms with Crippen LogP contribution in [0.4, 0.5) is 0 Å². The van der Waals surface area contributed by atoms with Crippen molar-refractivity contribution in [2.45, 2.75) is 211 Å². The minimum absolute atomic E-state index is 0.598. The molecule has 4 aromatic carbocycles. The molecule has 0 atom stereocenters. The van der Waals surface area contributed by atoms with Crippen LogP contribution < -0.4 is 58.6 Å². The molecule has 0 bridgehead atoms. The lowest BCUT2D eigenvalue weighted by Crippen LogP contribution is -2.59. The second kappa shape index (κ2) is 20.0. The Morgan fingerprint density at radius 3 is 0.448 bits per heavy atom. The lowest BCUT2D eigenvalue weighted by Gasteiger charge is -2.37. The third kappa shape index (κ3) is 17.6. The van der Waals surface area contributed by atoms with Crippen molar-refractivity contribution in [3.8, 4) is 46.0 Å². The van der Waals surface area contributed by atoms with Crippen LogP contribution in [0.25, 0.3) is 0 Å². The van der Waals surface area contributed by atoms with Gasteiger partial charge in [0, 0.05) is 0 Å². The van der Waals surface area contributed by atoms with E-state index < -0.39 is 62.9 Å². The molecule has 0 fully saturated rings. The first-order chi connectivity index (χ1) is 30.2. The molecule has 11 heteroatoms. The van der Waals surface area contributed by atoms with Gasteiger partial charge in [0.2, 0.25) is 18.1 Å². The molecule has 0 amide bonds. The molecule has 372 valence electrons. The maximum Gasteiger partial charge on any atom is 0.244 e. The average molecular weight is 959 g/mol. The van der Waals surface area contributed by atoms with Crippen LogP contribution in [0.5, 0.6) is 46.0 Å². The van der Waals surface area contributed by atoms with Gasteiger partial charge in [0.25, 0.3) is 0 Å². The SMILES string of the molecule is CC(C)(C)Oc1cccc(OC(C)(C)C)c1[SiH](O[SiH](c1c(OC(C)(C)C)cccc1OC(C)(C)C)c1c(OC(C)(C)C)cccc1OC(C)(C)C)c1c(OC(C)(C)C)cccc1OC(C)(C)C. The van der Waals surface area contributed by atoms with Gasteiger partial charge in [-0.1, -0.05) is 24.3 Å². The fraction of sp³-hybridized carbons (Fsp3) is 0.571. The summed E-state index contributed by atoms with van der Waals surface area (Å²) in [5.41, 5.74) is -4.79. The average Bonchev–Trinajstić information content (AvgIpc) is 3.05. The molecule has 0 spiro atoms. The molecule has 0 radical (unpaired) electrons. The minimum Gasteiger partial charge on any atom is -0.488 e. The molecule has 0 aromatic heterocycles. The van der Waals surface area contributed by atoms with E-state index in [1.807, 2.05) is 72.8 Å². The summed E-state index contributed by atoms with van der Waals surface area (Å²) >= 11 is 0. The molecule has 0 aliphatic rings. The van der Waals surface area contributed by atoms with E-state index in [-0.39, 0.29) is 0 Å². The van der Waals surface area contributed by atoms with Gasteiger partial charge >= 0.3 is 0 Å². The zero-order valence-corrected chi connectivity index (χ0v) is 48.1. The van der Waals surface area contributed by atoms with E-state index in [9.17, 15) is 0 Å². The maximum atomic E-state index is 8.47. The van der Waals surface area contributed by atoms with Crippen molar-refractivity contribution >= 4 is 38.8 Å². The van der Waals surface area contributed by atoms with Crippen molar-refractivity contribution in [2.75, 3.05) is 0 Å². The highest BCUT2D eigenvalue weighted by Gasteiger charge is 2.43. The number of hydrogen-bond donors (Lipinski definition) is 0. The molecule has 0 aliphatic carbocycles. The van der Waals surface area contributed by atoms with Crippen LogP contribution in [0.1, 0.15) is 166 Å². The largest absolute Gasteiger partial charge is 0.488 e. The van der Waals surface area contributed by atoms with Crippen LogP contribution in [0, 0.1) is 0 Å². The van der Waals surface area contributed by atoms with E-state index in [0.29, 0.717) is 46.0 Å². The van der Waals surface area contributed by atoms with Crippen LogP contribution in [0.3, 0.4) is 0 Å². The summed E-state index contributed by atoms with van der Waals surface area (Å²) < 4.78 is 64.7. The summed E-state index contributed by atoms with van der Waals surface area (Å²) in [5.74, 6) is 5.12. The van der Waals surface area contributed by atoms with Crippen LogP contribution in [0.15, 0.2) is 72.8 Å². The van der Waals surface area contributed by atoms with Gasteiger partial charge in [-0.15, -0.1) is 0 Å². The number of hydrogen-bond acceptors (Lipinski definition) is 9. The van der Waals surface area contributed by atoms with E-state index in [2.05, 4.69) is 166 Å². The Balaban J connectivity index is 2.45. The molecule has 67 heavy (non-hydrogen) atoms. The summed E-state index contributed by atoms with van der Waals surface area (Å²) in [6.45, 7) is 49.3. The van der Waals surface area contributed by atoms with Gasteiger partial charge in [0.15, 0.2) is 0 Å². The summed E-state index contributed by atoms with van der Waals surface area (Å²) in [4.78, 5) is 0. The molecule has 0 unspecified atom stereocenters. The highest BCUT2D eigenvalue weighted by molar-refractivity contribution is 6.94. The highest BCUT2D eigenvalue weighted by Crippen LogP contribution is 2.35. The maximum absolute atomic E-state index is 8.47. The molecule has 0 heterocycles. The summed E-state index contributed by atoms with van der Waals surface area (Å²) in [6, 6.07) is 24.1. The number of ether oxygens (including phenoxy) is 8. The van der Waals surface area contributed by atoms with Crippen molar-refractivity contribution in [3.63, 3.8) is 0 Å². The minimum atomic E-state index is -3.32. The van der Waals surface area contributed by atoms with Crippen molar-refractivity contribution in [2.24, 2.45) is 0 Å². The summed E-state index contributed by atoms with van der Waals surface area (Å²) in [5, 5.41) is 3.20. The van der Waals surface area contributed by atoms with E-state index in [1.165, 1.54) is 0 Å². The van der Waals surface area contributed by atoms with Gasteiger partial charge in [0.05, 0.1) is 20.7 Å². The summed E-state index contributed by atoms with van der Waals surface area (Å²) in [6.07, 6.45) is 0. The second-order valence-electron chi connectivity index (χ2n) is 25.3. The highest BCUT2D eigenvalue weighted by atomic mass is 28.4.